The second-order valence-corrected chi connectivity index (χ2v) is 4.99. The molecule has 0 spiro atoms. The van der Waals surface area contributed by atoms with Crippen LogP contribution >= 0.6 is 23.2 Å². The fraction of sp³-hybridized carbons (Fsp3) is 0.0714. The van der Waals surface area contributed by atoms with Crippen molar-refractivity contribution in [3.8, 4) is 0 Å². The Hall–Kier alpha value is -1.71. The topological polar surface area (TPSA) is 55.1 Å². The number of halogens is 2. The van der Waals surface area contributed by atoms with Gasteiger partial charge in [-0.15, -0.1) is 0 Å². The summed E-state index contributed by atoms with van der Waals surface area (Å²) in [5.41, 5.74) is 8.08. The van der Waals surface area contributed by atoms with Crippen LogP contribution in [-0.2, 0) is 0 Å². The van der Waals surface area contributed by atoms with Gasteiger partial charge in [0.15, 0.2) is 0 Å². The van der Waals surface area contributed by atoms with Crippen molar-refractivity contribution in [3.63, 3.8) is 0 Å². The van der Waals surface area contributed by atoms with E-state index in [1.54, 1.807) is 36.4 Å². The van der Waals surface area contributed by atoms with Gasteiger partial charge in [-0.3, -0.25) is 4.79 Å². The van der Waals surface area contributed by atoms with Crippen LogP contribution in [-0.4, -0.2) is 5.91 Å². The molecule has 0 fully saturated rings. The highest BCUT2D eigenvalue weighted by Crippen LogP contribution is 2.24. The fourth-order valence-electron chi connectivity index (χ4n) is 1.62. The Bertz CT molecular complexity index is 641. The van der Waals surface area contributed by atoms with Gasteiger partial charge < -0.3 is 11.1 Å². The lowest BCUT2D eigenvalue weighted by Gasteiger charge is -2.09. The second kappa shape index (κ2) is 5.51. The van der Waals surface area contributed by atoms with E-state index in [1.807, 2.05) is 6.92 Å². The van der Waals surface area contributed by atoms with E-state index in [2.05, 4.69) is 5.32 Å². The van der Waals surface area contributed by atoms with Crippen LogP contribution in [0.1, 0.15) is 15.9 Å². The first kappa shape index (κ1) is 13.7. The summed E-state index contributed by atoms with van der Waals surface area (Å²) < 4.78 is 0. The summed E-state index contributed by atoms with van der Waals surface area (Å²) in [6.45, 7) is 1.84. The van der Waals surface area contributed by atoms with Gasteiger partial charge in [0.05, 0.1) is 11.4 Å². The standard InChI is InChI=1S/C14H12Cl2N2O/c1-8-6-9(2-4-11(8)16)14(19)18-13-7-10(15)3-5-12(13)17/h2-7H,17H2,1H3,(H,18,19). The lowest BCUT2D eigenvalue weighted by molar-refractivity contribution is 0.102. The molecule has 3 nitrogen and oxygen atoms in total. The molecule has 0 aliphatic carbocycles. The van der Waals surface area contributed by atoms with Crippen LogP contribution in [0.25, 0.3) is 0 Å². The number of benzene rings is 2. The summed E-state index contributed by atoms with van der Waals surface area (Å²) in [7, 11) is 0. The van der Waals surface area contributed by atoms with E-state index in [0.29, 0.717) is 27.0 Å². The first-order chi connectivity index (χ1) is 8.97. The molecule has 0 aliphatic heterocycles. The van der Waals surface area contributed by atoms with Crippen molar-refractivity contribution in [3.05, 3.63) is 57.6 Å². The van der Waals surface area contributed by atoms with Gasteiger partial charge in [0.25, 0.3) is 5.91 Å². The molecule has 0 saturated carbocycles. The van der Waals surface area contributed by atoms with E-state index in [1.165, 1.54) is 0 Å². The van der Waals surface area contributed by atoms with Gasteiger partial charge in [0.1, 0.15) is 0 Å². The third kappa shape index (κ3) is 3.19. The molecule has 2 rings (SSSR count). The number of anilines is 2. The fourth-order valence-corrected chi connectivity index (χ4v) is 1.91. The summed E-state index contributed by atoms with van der Waals surface area (Å²) in [6, 6.07) is 9.98. The minimum Gasteiger partial charge on any atom is -0.397 e. The zero-order chi connectivity index (χ0) is 14.0. The molecule has 0 radical (unpaired) electrons. The maximum absolute atomic E-state index is 12.1. The molecule has 0 aromatic heterocycles. The Labute approximate surface area is 121 Å². The van der Waals surface area contributed by atoms with Gasteiger partial charge >= 0.3 is 0 Å². The Morgan fingerprint density at radius 2 is 1.89 bits per heavy atom. The normalized spacial score (nSPS) is 10.3. The molecule has 98 valence electrons. The molecule has 19 heavy (non-hydrogen) atoms. The number of nitrogen functional groups attached to an aromatic ring is 1. The van der Waals surface area contributed by atoms with Crippen molar-refractivity contribution in [2.75, 3.05) is 11.1 Å². The predicted octanol–water partition coefficient (Wildman–Crippen LogP) is 4.14. The van der Waals surface area contributed by atoms with E-state index in [4.69, 9.17) is 28.9 Å². The molecular formula is C14H12Cl2N2O. The van der Waals surface area contributed by atoms with Crippen LogP contribution in [0, 0.1) is 6.92 Å². The highest BCUT2D eigenvalue weighted by Gasteiger charge is 2.09. The van der Waals surface area contributed by atoms with Crippen molar-refractivity contribution >= 4 is 40.5 Å². The Kier molecular flexibility index (Phi) is 3.98. The zero-order valence-corrected chi connectivity index (χ0v) is 11.7. The monoisotopic (exact) mass is 294 g/mol. The van der Waals surface area contributed by atoms with Crippen molar-refractivity contribution in [1.29, 1.82) is 0 Å². The first-order valence-electron chi connectivity index (χ1n) is 5.60. The largest absolute Gasteiger partial charge is 0.397 e. The lowest BCUT2D eigenvalue weighted by atomic mass is 10.1. The molecule has 1 amide bonds. The smallest absolute Gasteiger partial charge is 0.255 e. The minimum absolute atomic E-state index is 0.256. The van der Waals surface area contributed by atoms with Gasteiger partial charge in [-0.2, -0.15) is 0 Å². The van der Waals surface area contributed by atoms with E-state index in [0.717, 1.165) is 5.56 Å². The molecule has 0 atom stereocenters. The van der Waals surface area contributed by atoms with Crippen LogP contribution in [0.15, 0.2) is 36.4 Å². The summed E-state index contributed by atoms with van der Waals surface area (Å²) in [5, 5.41) is 3.86. The van der Waals surface area contributed by atoms with Crippen molar-refractivity contribution in [2.45, 2.75) is 6.92 Å². The number of aryl methyl sites for hydroxylation is 1. The number of rotatable bonds is 2. The van der Waals surface area contributed by atoms with Crippen LogP contribution in [0.5, 0.6) is 0 Å². The maximum atomic E-state index is 12.1. The molecule has 2 aromatic carbocycles. The van der Waals surface area contributed by atoms with Gasteiger partial charge in [0, 0.05) is 15.6 Å². The van der Waals surface area contributed by atoms with Crippen molar-refractivity contribution < 1.29 is 4.79 Å². The average molecular weight is 295 g/mol. The maximum Gasteiger partial charge on any atom is 0.255 e. The summed E-state index contributed by atoms with van der Waals surface area (Å²) >= 11 is 11.8. The number of hydrogen-bond donors (Lipinski definition) is 2. The van der Waals surface area contributed by atoms with E-state index < -0.39 is 0 Å². The van der Waals surface area contributed by atoms with Crippen LogP contribution in [0.4, 0.5) is 11.4 Å². The summed E-state index contributed by atoms with van der Waals surface area (Å²) in [6.07, 6.45) is 0. The van der Waals surface area contributed by atoms with Crippen molar-refractivity contribution in [2.24, 2.45) is 0 Å². The number of amides is 1. The van der Waals surface area contributed by atoms with Crippen LogP contribution < -0.4 is 11.1 Å². The summed E-state index contributed by atoms with van der Waals surface area (Å²) in [4.78, 5) is 12.1. The summed E-state index contributed by atoms with van der Waals surface area (Å²) in [5.74, 6) is -0.256. The van der Waals surface area contributed by atoms with Crippen molar-refractivity contribution in [1.82, 2.24) is 0 Å². The lowest BCUT2D eigenvalue weighted by Crippen LogP contribution is -2.13. The number of hydrogen-bond acceptors (Lipinski definition) is 2. The average Bonchev–Trinajstić information content (AvgIpc) is 2.37. The number of nitrogens with one attached hydrogen (secondary N) is 1. The molecule has 0 heterocycles. The van der Waals surface area contributed by atoms with Crippen LogP contribution in [0.3, 0.4) is 0 Å². The van der Waals surface area contributed by atoms with E-state index in [9.17, 15) is 4.79 Å². The van der Waals surface area contributed by atoms with Gasteiger partial charge in [-0.25, -0.2) is 0 Å². The molecule has 2 aromatic rings. The quantitative estimate of drug-likeness (QED) is 0.818. The molecule has 3 N–H and O–H groups in total. The highest BCUT2D eigenvalue weighted by atomic mass is 35.5. The predicted molar refractivity (Wildman–Crippen MR) is 80.0 cm³/mol. The Morgan fingerprint density at radius 3 is 2.58 bits per heavy atom. The molecule has 0 aliphatic rings. The SMILES string of the molecule is Cc1cc(C(=O)Nc2cc(Cl)ccc2N)ccc1Cl. The Balaban J connectivity index is 2.25. The molecule has 0 bridgehead atoms. The number of nitrogens with two attached hydrogens (primary N) is 1. The molecular weight excluding hydrogens is 283 g/mol. The Morgan fingerprint density at radius 1 is 1.16 bits per heavy atom. The zero-order valence-electron chi connectivity index (χ0n) is 10.2. The number of carbonyl (C=O) groups is 1. The minimum atomic E-state index is -0.256. The molecule has 0 unspecified atom stereocenters. The molecule has 0 saturated heterocycles. The van der Waals surface area contributed by atoms with Crippen LogP contribution in [0.2, 0.25) is 10.0 Å². The number of carbonyl (C=O) groups excluding carboxylic acids is 1. The van der Waals surface area contributed by atoms with E-state index in [-0.39, 0.29) is 5.91 Å². The van der Waals surface area contributed by atoms with Gasteiger partial charge in [-0.1, -0.05) is 23.2 Å². The molecule has 5 heteroatoms. The third-order valence-corrected chi connectivity index (χ3v) is 3.34. The first-order valence-corrected chi connectivity index (χ1v) is 6.35. The third-order valence-electron chi connectivity index (χ3n) is 2.68. The second-order valence-electron chi connectivity index (χ2n) is 4.15. The van der Waals surface area contributed by atoms with Gasteiger partial charge in [-0.05, 0) is 48.9 Å². The highest BCUT2D eigenvalue weighted by molar-refractivity contribution is 6.31. The van der Waals surface area contributed by atoms with Gasteiger partial charge in [0.2, 0.25) is 0 Å². The van der Waals surface area contributed by atoms with E-state index >= 15 is 0 Å².